The van der Waals surface area contributed by atoms with Gasteiger partial charge in [0.25, 0.3) is 0 Å². The average Bonchev–Trinajstić information content (AvgIpc) is 3.15. The lowest BCUT2D eigenvalue weighted by Gasteiger charge is -2.35. The number of aromatic nitrogens is 2. The van der Waals surface area contributed by atoms with Crippen molar-refractivity contribution in [1.29, 1.82) is 0 Å². The number of methoxy groups -OCH3 is 1. The lowest BCUT2D eigenvalue weighted by molar-refractivity contribution is 0.119. The van der Waals surface area contributed by atoms with Gasteiger partial charge in [-0.1, -0.05) is 29.4 Å². The molecule has 0 saturated carbocycles. The molecule has 1 aliphatic rings. The highest BCUT2D eigenvalue weighted by atomic mass is 19.3. The summed E-state index contributed by atoms with van der Waals surface area (Å²) in [6.07, 6.45) is -2.53. The van der Waals surface area contributed by atoms with E-state index in [1.165, 1.54) is 4.90 Å². The summed E-state index contributed by atoms with van der Waals surface area (Å²) >= 11 is 0. The third-order valence-corrected chi connectivity index (χ3v) is 4.93. The number of likely N-dealkylation sites (tertiary alicyclic amines) is 1. The molecule has 28 heavy (non-hydrogen) atoms. The first-order valence-electron chi connectivity index (χ1n) is 9.12. The Morgan fingerprint density at radius 3 is 2.68 bits per heavy atom. The molecule has 2 atom stereocenters. The molecule has 0 radical (unpaired) electrons. The summed E-state index contributed by atoms with van der Waals surface area (Å²) in [6, 6.07) is 6.93. The minimum atomic E-state index is -2.39. The van der Waals surface area contributed by atoms with Crippen LogP contribution in [-0.2, 0) is 17.6 Å². The van der Waals surface area contributed by atoms with Crippen molar-refractivity contribution >= 4 is 6.09 Å². The summed E-state index contributed by atoms with van der Waals surface area (Å²) in [5, 5.41) is 13.4. The highest BCUT2D eigenvalue weighted by molar-refractivity contribution is 5.65. The van der Waals surface area contributed by atoms with Crippen molar-refractivity contribution in [2.24, 2.45) is 0 Å². The SMILES string of the molecule is COCCc1noc(C2CC(c3ccc(CC(F)F)cc3)CN(C(=O)O)C2)n1. The maximum absolute atomic E-state index is 12.5. The van der Waals surface area contributed by atoms with E-state index in [9.17, 15) is 18.7 Å². The van der Waals surface area contributed by atoms with Crippen molar-refractivity contribution in [1.82, 2.24) is 15.0 Å². The molecule has 0 aliphatic carbocycles. The van der Waals surface area contributed by atoms with Crippen molar-refractivity contribution in [3.05, 3.63) is 47.1 Å². The van der Waals surface area contributed by atoms with Crippen LogP contribution >= 0.6 is 0 Å². The van der Waals surface area contributed by atoms with Crippen LogP contribution in [0.2, 0.25) is 0 Å². The molecule has 0 bridgehead atoms. The van der Waals surface area contributed by atoms with Gasteiger partial charge in [0, 0.05) is 39.0 Å². The van der Waals surface area contributed by atoms with Gasteiger partial charge in [0.1, 0.15) is 0 Å². The van der Waals surface area contributed by atoms with Gasteiger partial charge in [-0.2, -0.15) is 4.98 Å². The van der Waals surface area contributed by atoms with Gasteiger partial charge in [-0.05, 0) is 17.5 Å². The number of nitrogens with zero attached hydrogens (tertiary/aromatic N) is 3. The molecular weight excluding hydrogens is 372 g/mol. The summed E-state index contributed by atoms with van der Waals surface area (Å²) in [5.74, 6) is 0.637. The van der Waals surface area contributed by atoms with Gasteiger partial charge < -0.3 is 19.3 Å². The molecule has 3 rings (SSSR count). The van der Waals surface area contributed by atoms with Crippen molar-refractivity contribution in [2.45, 2.75) is 37.5 Å². The van der Waals surface area contributed by atoms with Crippen molar-refractivity contribution in [3.8, 4) is 0 Å². The van der Waals surface area contributed by atoms with Crippen molar-refractivity contribution in [2.75, 3.05) is 26.8 Å². The number of rotatable bonds is 7. The normalized spacial score (nSPS) is 19.9. The zero-order valence-electron chi connectivity index (χ0n) is 15.6. The maximum Gasteiger partial charge on any atom is 0.407 e. The Kier molecular flexibility index (Phi) is 6.56. The number of carboxylic acid groups (broad SMARTS) is 1. The predicted octanol–water partition coefficient (Wildman–Crippen LogP) is 3.32. The lowest BCUT2D eigenvalue weighted by Crippen LogP contribution is -2.41. The molecule has 2 aromatic rings. The van der Waals surface area contributed by atoms with Gasteiger partial charge in [-0.25, -0.2) is 13.6 Å². The number of alkyl halides is 2. The van der Waals surface area contributed by atoms with E-state index in [0.717, 1.165) is 5.56 Å². The topological polar surface area (TPSA) is 88.7 Å². The number of carbonyl (C=O) groups is 1. The minimum absolute atomic E-state index is 0.0789. The number of benzene rings is 1. The van der Waals surface area contributed by atoms with E-state index in [2.05, 4.69) is 10.1 Å². The van der Waals surface area contributed by atoms with E-state index < -0.39 is 12.5 Å². The van der Waals surface area contributed by atoms with Crippen LogP contribution in [0.15, 0.2) is 28.8 Å². The smallest absolute Gasteiger partial charge is 0.407 e. The molecule has 0 spiro atoms. The van der Waals surface area contributed by atoms with Crippen LogP contribution in [0.1, 0.15) is 41.1 Å². The van der Waals surface area contributed by atoms with Gasteiger partial charge in [-0.3, -0.25) is 0 Å². The van der Waals surface area contributed by atoms with E-state index in [-0.39, 0.29) is 24.8 Å². The Labute approximate surface area is 161 Å². The number of hydrogen-bond acceptors (Lipinski definition) is 5. The van der Waals surface area contributed by atoms with E-state index in [1.807, 2.05) is 0 Å². The first-order valence-corrected chi connectivity index (χ1v) is 9.12. The minimum Gasteiger partial charge on any atom is -0.465 e. The molecule has 1 aromatic carbocycles. The molecule has 7 nitrogen and oxygen atoms in total. The van der Waals surface area contributed by atoms with Gasteiger partial charge in [0.2, 0.25) is 12.3 Å². The molecule has 1 saturated heterocycles. The van der Waals surface area contributed by atoms with Crippen LogP contribution in [0, 0.1) is 0 Å². The Balaban J connectivity index is 1.76. The summed E-state index contributed by atoms with van der Waals surface area (Å²) in [4.78, 5) is 17.3. The van der Waals surface area contributed by atoms with E-state index >= 15 is 0 Å². The molecule has 2 heterocycles. The van der Waals surface area contributed by atoms with Crippen LogP contribution in [0.3, 0.4) is 0 Å². The van der Waals surface area contributed by atoms with Crippen LogP contribution in [0.4, 0.5) is 13.6 Å². The molecule has 152 valence electrons. The Hall–Kier alpha value is -2.55. The second-order valence-electron chi connectivity index (χ2n) is 6.95. The molecular formula is C19H23F2N3O4. The average molecular weight is 395 g/mol. The van der Waals surface area contributed by atoms with Crippen LogP contribution in [-0.4, -0.2) is 59.5 Å². The third kappa shape index (κ3) is 5.03. The number of halogens is 2. The molecule has 9 heteroatoms. The number of hydrogen-bond donors (Lipinski definition) is 1. The first-order chi connectivity index (χ1) is 13.5. The fourth-order valence-electron chi connectivity index (χ4n) is 3.51. The molecule has 1 fully saturated rings. The molecule has 1 amide bonds. The van der Waals surface area contributed by atoms with E-state index in [1.54, 1.807) is 31.4 Å². The summed E-state index contributed by atoms with van der Waals surface area (Å²) in [5.41, 5.74) is 1.47. The van der Waals surface area contributed by atoms with Crippen LogP contribution < -0.4 is 0 Å². The number of piperidine rings is 1. The van der Waals surface area contributed by atoms with Crippen molar-refractivity contribution in [3.63, 3.8) is 0 Å². The predicted molar refractivity (Wildman–Crippen MR) is 95.7 cm³/mol. The zero-order valence-corrected chi connectivity index (χ0v) is 15.6. The fraction of sp³-hybridized carbons (Fsp3) is 0.526. The number of amides is 1. The maximum atomic E-state index is 12.5. The summed E-state index contributed by atoms with van der Waals surface area (Å²) in [7, 11) is 1.59. The standard InChI is InChI=1S/C19H23F2N3O4/c1-27-7-6-17-22-18(28-23-17)15-9-14(10-24(11-15)19(25)26)13-4-2-12(3-5-13)8-16(20)21/h2-5,14-16H,6-11H2,1H3,(H,25,26). The van der Waals surface area contributed by atoms with Crippen molar-refractivity contribution < 1.29 is 27.9 Å². The van der Waals surface area contributed by atoms with E-state index in [0.29, 0.717) is 43.3 Å². The van der Waals surface area contributed by atoms with Gasteiger partial charge in [-0.15, -0.1) is 0 Å². The Bertz CT molecular complexity index is 782. The highest BCUT2D eigenvalue weighted by Crippen LogP contribution is 2.35. The number of ether oxygens (including phenoxy) is 1. The largest absolute Gasteiger partial charge is 0.465 e. The van der Waals surface area contributed by atoms with Gasteiger partial charge in [0.15, 0.2) is 5.82 Å². The first kappa shape index (κ1) is 20.2. The quantitative estimate of drug-likeness (QED) is 0.774. The highest BCUT2D eigenvalue weighted by Gasteiger charge is 2.34. The Morgan fingerprint density at radius 2 is 2.04 bits per heavy atom. The Morgan fingerprint density at radius 1 is 1.32 bits per heavy atom. The monoisotopic (exact) mass is 395 g/mol. The molecule has 1 N–H and O–H groups in total. The molecule has 2 unspecified atom stereocenters. The zero-order chi connectivity index (χ0) is 20.1. The third-order valence-electron chi connectivity index (χ3n) is 4.93. The second kappa shape index (κ2) is 9.09. The van der Waals surface area contributed by atoms with E-state index in [4.69, 9.17) is 9.26 Å². The summed E-state index contributed by atoms with van der Waals surface area (Å²) < 4.78 is 35.4. The molecule has 1 aromatic heterocycles. The van der Waals surface area contributed by atoms with Gasteiger partial charge >= 0.3 is 6.09 Å². The van der Waals surface area contributed by atoms with Crippen LogP contribution in [0.5, 0.6) is 0 Å². The lowest BCUT2D eigenvalue weighted by atomic mass is 9.84. The van der Waals surface area contributed by atoms with Gasteiger partial charge in [0.05, 0.1) is 12.5 Å². The summed E-state index contributed by atoms with van der Waals surface area (Å²) in [6.45, 7) is 1.09. The molecule has 1 aliphatic heterocycles. The second-order valence-corrected chi connectivity index (χ2v) is 6.95. The van der Waals surface area contributed by atoms with Crippen LogP contribution in [0.25, 0.3) is 0 Å². The fourth-order valence-corrected chi connectivity index (χ4v) is 3.51.